The summed E-state index contributed by atoms with van der Waals surface area (Å²) < 4.78 is 38.7. The normalized spacial score (nSPS) is 10.7. The van der Waals surface area contributed by atoms with E-state index in [-0.39, 0.29) is 24.4 Å². The third-order valence-electron chi connectivity index (χ3n) is 3.34. The first-order chi connectivity index (χ1) is 11.0. The van der Waals surface area contributed by atoms with Crippen LogP contribution >= 0.6 is 0 Å². The Morgan fingerprint density at radius 3 is 2.65 bits per heavy atom. The average molecular weight is 324 g/mol. The van der Waals surface area contributed by atoms with Crippen molar-refractivity contribution in [3.05, 3.63) is 46.7 Å². The second-order valence-corrected chi connectivity index (χ2v) is 4.80. The first-order valence-electron chi connectivity index (χ1n) is 7.26. The second kappa shape index (κ2) is 7.21. The van der Waals surface area contributed by atoms with E-state index in [2.05, 4.69) is 5.10 Å². The van der Waals surface area contributed by atoms with Crippen molar-refractivity contribution in [3.8, 4) is 5.88 Å². The number of esters is 1. The zero-order valence-electron chi connectivity index (χ0n) is 13.2. The number of nitrogens with zero attached hydrogens (tertiary/aromatic N) is 2. The molecule has 0 radical (unpaired) electrons. The van der Waals surface area contributed by atoms with Gasteiger partial charge in [0.2, 0.25) is 5.88 Å². The Morgan fingerprint density at radius 1 is 1.30 bits per heavy atom. The fourth-order valence-electron chi connectivity index (χ4n) is 2.33. The van der Waals surface area contributed by atoms with Gasteiger partial charge < -0.3 is 9.47 Å². The van der Waals surface area contributed by atoms with Gasteiger partial charge in [-0.15, -0.1) is 0 Å². The smallest absolute Gasteiger partial charge is 0.359 e. The van der Waals surface area contributed by atoms with E-state index in [0.29, 0.717) is 17.9 Å². The summed E-state index contributed by atoms with van der Waals surface area (Å²) >= 11 is 0. The highest BCUT2D eigenvalue weighted by atomic mass is 19.1. The van der Waals surface area contributed by atoms with E-state index in [1.807, 2.05) is 6.92 Å². The molecule has 0 saturated heterocycles. The van der Waals surface area contributed by atoms with Crippen LogP contribution in [0.3, 0.4) is 0 Å². The number of halogens is 2. The van der Waals surface area contributed by atoms with Crippen molar-refractivity contribution in [3.63, 3.8) is 0 Å². The molecule has 0 aliphatic heterocycles. The Morgan fingerprint density at radius 2 is 2.04 bits per heavy atom. The van der Waals surface area contributed by atoms with Gasteiger partial charge in [0.05, 0.1) is 20.3 Å². The second-order valence-electron chi connectivity index (χ2n) is 4.80. The Balaban J connectivity index is 2.45. The highest BCUT2D eigenvalue weighted by molar-refractivity contribution is 5.89. The van der Waals surface area contributed by atoms with E-state index >= 15 is 0 Å². The van der Waals surface area contributed by atoms with Gasteiger partial charge in [0, 0.05) is 11.1 Å². The summed E-state index contributed by atoms with van der Waals surface area (Å²) in [6.45, 7) is 3.70. The van der Waals surface area contributed by atoms with Crippen LogP contribution in [0.1, 0.15) is 35.5 Å². The van der Waals surface area contributed by atoms with Gasteiger partial charge >= 0.3 is 5.97 Å². The molecule has 0 unspecified atom stereocenters. The molecule has 0 atom stereocenters. The van der Waals surface area contributed by atoms with Crippen molar-refractivity contribution in [2.45, 2.75) is 26.8 Å². The third kappa shape index (κ3) is 3.49. The lowest BCUT2D eigenvalue weighted by Gasteiger charge is -2.08. The first-order valence-corrected chi connectivity index (χ1v) is 7.26. The summed E-state index contributed by atoms with van der Waals surface area (Å²) in [6, 6.07) is 3.18. The standard InChI is InChI=1S/C16H18F2N2O3/c1-4-12-14(16(21)23-5-2)19-20(15(12)22-3)9-10-8-11(17)6-7-13(10)18/h6-8H,4-5,9H2,1-3H3. The largest absolute Gasteiger partial charge is 0.481 e. The van der Waals surface area contributed by atoms with Crippen molar-refractivity contribution >= 4 is 5.97 Å². The van der Waals surface area contributed by atoms with Crippen molar-refractivity contribution < 1.29 is 23.0 Å². The number of hydrogen-bond donors (Lipinski definition) is 0. The van der Waals surface area contributed by atoms with Gasteiger partial charge in [-0.05, 0) is 31.5 Å². The highest BCUT2D eigenvalue weighted by Gasteiger charge is 2.24. The summed E-state index contributed by atoms with van der Waals surface area (Å²) in [5.41, 5.74) is 0.814. The minimum atomic E-state index is -0.568. The maximum atomic E-state index is 13.8. The van der Waals surface area contributed by atoms with E-state index in [1.54, 1.807) is 6.92 Å². The Bertz CT molecular complexity index is 714. The number of carbonyl (C=O) groups is 1. The van der Waals surface area contributed by atoms with Crippen LogP contribution in [0.25, 0.3) is 0 Å². The topological polar surface area (TPSA) is 53.3 Å². The molecule has 2 rings (SSSR count). The van der Waals surface area contributed by atoms with E-state index < -0.39 is 17.6 Å². The minimum Gasteiger partial charge on any atom is -0.481 e. The summed E-state index contributed by atoms with van der Waals surface area (Å²) in [7, 11) is 1.43. The molecular formula is C16H18F2N2O3. The van der Waals surface area contributed by atoms with Crippen LogP contribution in [0.15, 0.2) is 18.2 Å². The van der Waals surface area contributed by atoms with Crippen LogP contribution < -0.4 is 4.74 Å². The number of methoxy groups -OCH3 is 1. The van der Waals surface area contributed by atoms with E-state index in [0.717, 1.165) is 18.2 Å². The molecule has 124 valence electrons. The monoisotopic (exact) mass is 324 g/mol. The Labute approximate surface area is 132 Å². The summed E-state index contributed by atoms with van der Waals surface area (Å²) in [5, 5.41) is 4.16. The SMILES string of the molecule is CCOC(=O)c1nn(Cc2cc(F)ccc2F)c(OC)c1CC. The number of hydrogen-bond acceptors (Lipinski definition) is 4. The van der Waals surface area contributed by atoms with E-state index in [9.17, 15) is 13.6 Å². The van der Waals surface area contributed by atoms with Gasteiger partial charge in [-0.2, -0.15) is 5.10 Å². The predicted molar refractivity (Wildman–Crippen MR) is 79.6 cm³/mol. The van der Waals surface area contributed by atoms with Crippen molar-refractivity contribution in [1.82, 2.24) is 9.78 Å². The maximum Gasteiger partial charge on any atom is 0.359 e. The van der Waals surface area contributed by atoms with Crippen LogP contribution in [-0.2, 0) is 17.7 Å². The van der Waals surface area contributed by atoms with E-state index in [4.69, 9.17) is 9.47 Å². The fraction of sp³-hybridized carbons (Fsp3) is 0.375. The lowest BCUT2D eigenvalue weighted by molar-refractivity contribution is 0.0517. The van der Waals surface area contributed by atoms with Gasteiger partial charge in [-0.1, -0.05) is 6.92 Å². The molecule has 1 aromatic heterocycles. The molecule has 0 amide bonds. The summed E-state index contributed by atoms with van der Waals surface area (Å²) in [5.74, 6) is -1.34. The van der Waals surface area contributed by atoms with E-state index in [1.165, 1.54) is 11.8 Å². The van der Waals surface area contributed by atoms with Crippen molar-refractivity contribution in [2.75, 3.05) is 13.7 Å². The Kier molecular flexibility index (Phi) is 5.31. The fourth-order valence-corrected chi connectivity index (χ4v) is 2.33. The lowest BCUT2D eigenvalue weighted by Crippen LogP contribution is -2.09. The quantitative estimate of drug-likeness (QED) is 0.767. The van der Waals surface area contributed by atoms with Crippen LogP contribution in [0, 0.1) is 11.6 Å². The molecule has 0 N–H and O–H groups in total. The molecular weight excluding hydrogens is 306 g/mol. The van der Waals surface area contributed by atoms with Crippen LogP contribution in [0.5, 0.6) is 5.88 Å². The van der Waals surface area contributed by atoms with Crippen LogP contribution in [0.4, 0.5) is 8.78 Å². The molecule has 1 heterocycles. The number of rotatable bonds is 6. The van der Waals surface area contributed by atoms with Gasteiger partial charge in [0.1, 0.15) is 11.6 Å². The number of ether oxygens (including phenoxy) is 2. The minimum absolute atomic E-state index is 0.0564. The van der Waals surface area contributed by atoms with Crippen LogP contribution in [-0.4, -0.2) is 29.5 Å². The van der Waals surface area contributed by atoms with Gasteiger partial charge in [-0.3, -0.25) is 0 Å². The highest BCUT2D eigenvalue weighted by Crippen LogP contribution is 2.25. The molecule has 0 aliphatic carbocycles. The molecule has 0 bridgehead atoms. The molecule has 7 heteroatoms. The number of benzene rings is 1. The molecule has 5 nitrogen and oxygen atoms in total. The number of carbonyl (C=O) groups excluding carboxylic acids is 1. The summed E-state index contributed by atoms with van der Waals surface area (Å²) in [6.07, 6.45) is 0.489. The molecule has 0 fully saturated rings. The molecule has 0 spiro atoms. The zero-order valence-corrected chi connectivity index (χ0v) is 13.2. The molecule has 0 saturated carbocycles. The Hall–Kier alpha value is -2.44. The van der Waals surface area contributed by atoms with Gasteiger partial charge in [0.15, 0.2) is 5.69 Å². The molecule has 0 aliphatic rings. The average Bonchev–Trinajstić information content (AvgIpc) is 2.88. The molecule has 2 aromatic rings. The summed E-state index contributed by atoms with van der Waals surface area (Å²) in [4.78, 5) is 12.0. The van der Waals surface area contributed by atoms with Crippen molar-refractivity contribution in [1.29, 1.82) is 0 Å². The first kappa shape index (κ1) is 16.9. The van der Waals surface area contributed by atoms with Crippen LogP contribution in [0.2, 0.25) is 0 Å². The lowest BCUT2D eigenvalue weighted by atomic mass is 10.2. The van der Waals surface area contributed by atoms with Gasteiger partial charge in [-0.25, -0.2) is 18.3 Å². The number of aromatic nitrogens is 2. The maximum absolute atomic E-state index is 13.8. The molecule has 23 heavy (non-hydrogen) atoms. The third-order valence-corrected chi connectivity index (χ3v) is 3.34. The van der Waals surface area contributed by atoms with Crippen molar-refractivity contribution in [2.24, 2.45) is 0 Å². The predicted octanol–water partition coefficient (Wildman–Crippen LogP) is 2.96. The van der Waals surface area contributed by atoms with Gasteiger partial charge in [0.25, 0.3) is 0 Å². The zero-order chi connectivity index (χ0) is 17.0. The molecule has 1 aromatic carbocycles.